The fraction of sp³-hybridized carbons (Fsp3) is 0.413. The van der Waals surface area contributed by atoms with Crippen molar-refractivity contribution in [3.63, 3.8) is 0 Å². The minimum absolute atomic E-state index is 0.0621. The molecule has 3 saturated heterocycles. The topological polar surface area (TPSA) is 85.0 Å². The van der Waals surface area contributed by atoms with Crippen molar-refractivity contribution in [2.75, 3.05) is 55.6 Å². The standard InChI is InChI=1S/C41H46N4O.C5H7NO2/c1-29-7-14-38-33(25-29)10-15-37(31-5-3-2-4-6-31)40(38)32-8-11-35(12-9-32)44-19-17-30(18-20-44)28-43-21-23-45(24-22-43)36-13-16-39-34(26-36)27-42-41(39)46;7-4-2-1-3-5(8)6-4/h2-9,11-14,16,25-26,30,37,40H,10,15,17-24,27-28H2,1H3,(H,42,46);1-3H2,(H,6,7,8). The van der Waals surface area contributed by atoms with Crippen LogP contribution in [0.5, 0.6) is 0 Å². The highest BCUT2D eigenvalue weighted by molar-refractivity contribution is 5.99. The summed E-state index contributed by atoms with van der Waals surface area (Å²) >= 11 is 0. The van der Waals surface area contributed by atoms with Crippen LogP contribution in [0.15, 0.2) is 91.0 Å². The molecule has 54 heavy (non-hydrogen) atoms. The van der Waals surface area contributed by atoms with Gasteiger partial charge in [-0.15, -0.1) is 0 Å². The number of fused-ring (bicyclic) bond motifs is 2. The van der Waals surface area contributed by atoms with Gasteiger partial charge in [0, 0.05) is 88.1 Å². The molecule has 2 unspecified atom stereocenters. The Hall–Kier alpha value is -4.95. The minimum atomic E-state index is -0.138. The number of piperazine rings is 1. The first-order chi connectivity index (χ1) is 26.4. The number of anilines is 2. The average Bonchev–Trinajstić information content (AvgIpc) is 3.58. The zero-order valence-electron chi connectivity index (χ0n) is 31.6. The lowest BCUT2D eigenvalue weighted by Gasteiger charge is -2.40. The number of hydrogen-bond donors (Lipinski definition) is 2. The SMILES string of the molecule is Cc1ccc2c(c1)CCC(c1ccccc1)C2c1ccc(N2CCC(CN3CCN(c4ccc5c(c4)CNC5=O)CC3)CC2)cc1.O=C1CCCC(=O)N1. The third-order valence-corrected chi connectivity index (χ3v) is 12.3. The number of carbonyl (C=O) groups excluding carboxylic acids is 3. The smallest absolute Gasteiger partial charge is 0.251 e. The largest absolute Gasteiger partial charge is 0.372 e. The van der Waals surface area contributed by atoms with Gasteiger partial charge in [-0.25, -0.2) is 0 Å². The lowest BCUT2D eigenvalue weighted by atomic mass is 9.69. The minimum Gasteiger partial charge on any atom is -0.372 e. The van der Waals surface area contributed by atoms with Gasteiger partial charge in [0.1, 0.15) is 0 Å². The zero-order chi connectivity index (χ0) is 37.0. The van der Waals surface area contributed by atoms with E-state index in [9.17, 15) is 14.4 Å². The van der Waals surface area contributed by atoms with Crippen molar-refractivity contribution in [3.05, 3.63) is 130 Å². The molecule has 3 fully saturated rings. The first-order valence-corrected chi connectivity index (χ1v) is 20.1. The second-order valence-electron chi connectivity index (χ2n) is 15.9. The van der Waals surface area contributed by atoms with Gasteiger partial charge in [0.15, 0.2) is 0 Å². The van der Waals surface area contributed by atoms with Crippen LogP contribution in [0.2, 0.25) is 0 Å². The van der Waals surface area contributed by atoms with E-state index in [0.717, 1.165) is 62.7 Å². The van der Waals surface area contributed by atoms with Gasteiger partial charge in [-0.2, -0.15) is 0 Å². The number of piperidine rings is 2. The van der Waals surface area contributed by atoms with Crippen molar-refractivity contribution in [3.8, 4) is 0 Å². The number of benzene rings is 4. The van der Waals surface area contributed by atoms with E-state index in [1.54, 1.807) is 0 Å². The summed E-state index contributed by atoms with van der Waals surface area (Å²) in [5, 5.41) is 5.14. The van der Waals surface area contributed by atoms with Gasteiger partial charge in [-0.05, 0) is 109 Å². The summed E-state index contributed by atoms with van der Waals surface area (Å²) in [7, 11) is 0. The quantitative estimate of drug-likeness (QED) is 0.210. The molecule has 1 aliphatic carbocycles. The number of aryl methyl sites for hydroxylation is 2. The molecule has 0 bridgehead atoms. The first-order valence-electron chi connectivity index (χ1n) is 20.1. The van der Waals surface area contributed by atoms with Gasteiger partial charge >= 0.3 is 0 Å². The monoisotopic (exact) mass is 723 g/mol. The second-order valence-corrected chi connectivity index (χ2v) is 15.9. The zero-order valence-corrected chi connectivity index (χ0v) is 31.6. The van der Waals surface area contributed by atoms with E-state index in [1.165, 1.54) is 65.0 Å². The molecule has 9 rings (SSSR count). The third-order valence-electron chi connectivity index (χ3n) is 12.3. The number of carbonyl (C=O) groups is 3. The molecule has 3 amide bonds. The van der Waals surface area contributed by atoms with E-state index < -0.39 is 0 Å². The Morgan fingerprint density at radius 1 is 0.648 bits per heavy atom. The van der Waals surface area contributed by atoms with Crippen molar-refractivity contribution in [1.82, 2.24) is 15.5 Å². The fourth-order valence-corrected chi connectivity index (χ4v) is 9.35. The Labute approximate surface area is 319 Å². The van der Waals surface area contributed by atoms with E-state index in [0.29, 0.717) is 37.6 Å². The van der Waals surface area contributed by atoms with Crippen molar-refractivity contribution in [2.45, 2.75) is 70.3 Å². The highest BCUT2D eigenvalue weighted by Gasteiger charge is 2.32. The lowest BCUT2D eigenvalue weighted by molar-refractivity contribution is -0.132. The molecule has 8 heteroatoms. The molecular weight excluding hydrogens is 671 g/mol. The predicted octanol–water partition coefficient (Wildman–Crippen LogP) is 6.95. The molecular formula is C46H53N5O3. The van der Waals surface area contributed by atoms with Crippen molar-refractivity contribution < 1.29 is 14.4 Å². The van der Waals surface area contributed by atoms with E-state index >= 15 is 0 Å². The van der Waals surface area contributed by atoms with Crippen molar-refractivity contribution >= 4 is 29.1 Å². The fourth-order valence-electron chi connectivity index (χ4n) is 9.35. The molecule has 2 atom stereocenters. The molecule has 8 nitrogen and oxygen atoms in total. The Morgan fingerprint density at radius 3 is 2.06 bits per heavy atom. The normalized spacial score (nSPS) is 21.8. The molecule has 280 valence electrons. The van der Waals surface area contributed by atoms with Gasteiger partial charge < -0.3 is 15.1 Å². The highest BCUT2D eigenvalue weighted by atomic mass is 16.2. The van der Waals surface area contributed by atoms with Crippen LogP contribution in [-0.2, 0) is 22.6 Å². The van der Waals surface area contributed by atoms with Gasteiger partial charge in [0.05, 0.1) is 0 Å². The highest BCUT2D eigenvalue weighted by Crippen LogP contribution is 2.46. The van der Waals surface area contributed by atoms with Crippen molar-refractivity contribution in [1.29, 1.82) is 0 Å². The maximum Gasteiger partial charge on any atom is 0.251 e. The van der Waals surface area contributed by atoms with Crippen LogP contribution >= 0.6 is 0 Å². The summed E-state index contributed by atoms with van der Waals surface area (Å²) in [4.78, 5) is 40.4. The van der Waals surface area contributed by atoms with Crippen LogP contribution in [0, 0.1) is 12.8 Å². The number of nitrogens with zero attached hydrogens (tertiary/aromatic N) is 3. The van der Waals surface area contributed by atoms with Crippen LogP contribution in [0.3, 0.4) is 0 Å². The summed E-state index contributed by atoms with van der Waals surface area (Å²) in [5.41, 5.74) is 11.9. The summed E-state index contributed by atoms with van der Waals surface area (Å²) in [5.74, 6) is 1.47. The van der Waals surface area contributed by atoms with E-state index in [1.807, 2.05) is 6.07 Å². The summed E-state index contributed by atoms with van der Waals surface area (Å²) in [6.45, 7) is 10.7. The Bertz CT molecular complexity index is 1950. The summed E-state index contributed by atoms with van der Waals surface area (Å²) in [6, 6.07) is 34.3. The van der Waals surface area contributed by atoms with Crippen LogP contribution in [0.1, 0.15) is 94.1 Å². The summed E-state index contributed by atoms with van der Waals surface area (Å²) in [6.07, 6.45) is 6.61. The molecule has 4 aromatic rings. The van der Waals surface area contributed by atoms with Crippen molar-refractivity contribution in [2.24, 2.45) is 5.92 Å². The van der Waals surface area contributed by atoms with Crippen LogP contribution in [0.25, 0.3) is 0 Å². The average molecular weight is 724 g/mol. The van der Waals surface area contributed by atoms with E-state index in [-0.39, 0.29) is 17.7 Å². The van der Waals surface area contributed by atoms with Gasteiger partial charge in [-0.1, -0.05) is 66.2 Å². The first kappa shape index (κ1) is 36.0. The molecule has 0 radical (unpaired) electrons. The molecule has 4 aliphatic heterocycles. The summed E-state index contributed by atoms with van der Waals surface area (Å²) < 4.78 is 0. The number of nitrogens with one attached hydrogen (secondary N) is 2. The molecule has 0 aromatic heterocycles. The number of hydrogen-bond acceptors (Lipinski definition) is 6. The molecule has 0 spiro atoms. The number of imide groups is 1. The van der Waals surface area contributed by atoms with Crippen LogP contribution in [-0.4, -0.2) is 68.4 Å². The maximum absolute atomic E-state index is 11.9. The predicted molar refractivity (Wildman–Crippen MR) is 215 cm³/mol. The number of amides is 3. The molecule has 5 aliphatic rings. The number of rotatable bonds is 6. The lowest BCUT2D eigenvalue weighted by Crippen LogP contribution is -2.49. The Kier molecular flexibility index (Phi) is 10.8. The van der Waals surface area contributed by atoms with Crippen LogP contribution in [0.4, 0.5) is 11.4 Å². The Morgan fingerprint density at radius 2 is 1.35 bits per heavy atom. The van der Waals surface area contributed by atoms with Gasteiger partial charge in [-0.3, -0.25) is 24.6 Å². The Balaban J connectivity index is 0.000000461. The van der Waals surface area contributed by atoms with E-state index in [2.05, 4.69) is 117 Å². The van der Waals surface area contributed by atoms with E-state index in [4.69, 9.17) is 0 Å². The van der Waals surface area contributed by atoms with Gasteiger partial charge in [0.25, 0.3) is 5.91 Å². The molecule has 4 aromatic carbocycles. The van der Waals surface area contributed by atoms with Crippen LogP contribution < -0.4 is 20.4 Å². The van der Waals surface area contributed by atoms with Gasteiger partial charge in [0.2, 0.25) is 11.8 Å². The second kappa shape index (κ2) is 16.2. The molecule has 0 saturated carbocycles. The molecule has 4 heterocycles. The maximum atomic E-state index is 11.9. The molecule has 2 N–H and O–H groups in total. The third kappa shape index (κ3) is 8.09.